The van der Waals surface area contributed by atoms with Gasteiger partial charge >= 0.3 is 0 Å². The number of allylic oxidation sites excluding steroid dienone is 1. The van der Waals surface area contributed by atoms with Crippen molar-refractivity contribution in [2.75, 3.05) is 0 Å². The maximum absolute atomic E-state index is 5.95. The summed E-state index contributed by atoms with van der Waals surface area (Å²) >= 11 is 11.8. The first-order valence-corrected chi connectivity index (χ1v) is 5.81. The number of hydrogen-bond acceptors (Lipinski definition) is 2. The third-order valence-electron chi connectivity index (χ3n) is 2.20. The second kappa shape index (κ2) is 4.86. The Kier molecular flexibility index (Phi) is 3.46. The van der Waals surface area contributed by atoms with Crippen LogP contribution >= 0.6 is 23.2 Å². The van der Waals surface area contributed by atoms with Crippen LogP contribution in [0.2, 0.25) is 10.0 Å². The lowest BCUT2D eigenvalue weighted by atomic mass is 10.2. The Balaban J connectivity index is 2.37. The molecule has 0 spiro atoms. The van der Waals surface area contributed by atoms with Gasteiger partial charge in [-0.05, 0) is 43.3 Å². The quantitative estimate of drug-likeness (QED) is 0.866. The number of rotatable bonds is 2. The highest BCUT2D eigenvalue weighted by atomic mass is 35.5. The molecule has 0 bridgehead atoms. The molecule has 0 saturated heterocycles. The summed E-state index contributed by atoms with van der Waals surface area (Å²) in [5, 5.41) is 1.03. The molecule has 0 radical (unpaired) electrons. The van der Waals surface area contributed by atoms with Crippen molar-refractivity contribution < 1.29 is 4.42 Å². The van der Waals surface area contributed by atoms with Gasteiger partial charge < -0.3 is 10.2 Å². The van der Waals surface area contributed by atoms with E-state index in [2.05, 4.69) is 0 Å². The Morgan fingerprint density at radius 1 is 1.18 bits per heavy atom. The van der Waals surface area contributed by atoms with E-state index in [0.717, 1.165) is 11.3 Å². The van der Waals surface area contributed by atoms with Crippen molar-refractivity contribution in [1.29, 1.82) is 0 Å². The summed E-state index contributed by atoms with van der Waals surface area (Å²) in [6, 6.07) is 9.09. The van der Waals surface area contributed by atoms with Crippen LogP contribution in [0.15, 0.2) is 40.4 Å². The number of furan rings is 1. The molecule has 2 rings (SSSR count). The Hall–Kier alpha value is -1.38. The Morgan fingerprint density at radius 2 is 1.94 bits per heavy atom. The number of hydrogen-bond donors (Lipinski definition) is 1. The molecular formula is C13H11Cl2NO. The van der Waals surface area contributed by atoms with Gasteiger partial charge in [0.05, 0.1) is 10.0 Å². The van der Waals surface area contributed by atoms with Crippen molar-refractivity contribution >= 4 is 29.3 Å². The van der Waals surface area contributed by atoms with Gasteiger partial charge in [0, 0.05) is 11.3 Å². The van der Waals surface area contributed by atoms with E-state index in [1.165, 1.54) is 0 Å². The maximum Gasteiger partial charge on any atom is 0.134 e. The second-order valence-corrected chi connectivity index (χ2v) is 4.53. The summed E-state index contributed by atoms with van der Waals surface area (Å²) in [5.41, 5.74) is 7.16. The molecule has 0 aliphatic heterocycles. The third-order valence-corrected chi connectivity index (χ3v) is 2.94. The van der Waals surface area contributed by atoms with Crippen LogP contribution in [0.4, 0.5) is 0 Å². The first-order chi connectivity index (χ1) is 8.06. The van der Waals surface area contributed by atoms with E-state index in [9.17, 15) is 0 Å². The monoisotopic (exact) mass is 267 g/mol. The number of benzene rings is 1. The first kappa shape index (κ1) is 12.1. The predicted octanol–water partition coefficient (Wildman–Crippen LogP) is 4.57. The van der Waals surface area contributed by atoms with Gasteiger partial charge in [0.15, 0.2) is 0 Å². The van der Waals surface area contributed by atoms with Crippen LogP contribution in [0.1, 0.15) is 12.7 Å². The zero-order valence-electron chi connectivity index (χ0n) is 9.21. The van der Waals surface area contributed by atoms with Crippen LogP contribution in [0, 0.1) is 0 Å². The molecule has 0 aliphatic rings. The lowest BCUT2D eigenvalue weighted by molar-refractivity contribution is 0.571. The zero-order valence-corrected chi connectivity index (χ0v) is 10.7. The molecule has 2 N–H and O–H groups in total. The van der Waals surface area contributed by atoms with Crippen molar-refractivity contribution in [2.45, 2.75) is 6.92 Å². The molecule has 1 aromatic carbocycles. The van der Waals surface area contributed by atoms with E-state index >= 15 is 0 Å². The minimum Gasteiger partial charge on any atom is -0.457 e. The van der Waals surface area contributed by atoms with Crippen molar-refractivity contribution in [2.24, 2.45) is 5.73 Å². The molecule has 4 heteroatoms. The van der Waals surface area contributed by atoms with Gasteiger partial charge in [-0.15, -0.1) is 0 Å². The minimum absolute atomic E-state index is 0.507. The maximum atomic E-state index is 5.95. The topological polar surface area (TPSA) is 39.2 Å². The molecule has 0 amide bonds. The molecule has 0 fully saturated rings. The lowest BCUT2D eigenvalue weighted by Crippen LogP contribution is -1.88. The fourth-order valence-corrected chi connectivity index (χ4v) is 1.76. The molecule has 0 atom stereocenters. The van der Waals surface area contributed by atoms with Crippen LogP contribution < -0.4 is 5.73 Å². The van der Waals surface area contributed by atoms with Crippen molar-refractivity contribution in [1.82, 2.24) is 0 Å². The van der Waals surface area contributed by atoms with E-state index in [1.54, 1.807) is 25.1 Å². The van der Waals surface area contributed by atoms with Crippen LogP contribution in [0.25, 0.3) is 17.4 Å². The highest BCUT2D eigenvalue weighted by Gasteiger charge is 2.06. The average molecular weight is 268 g/mol. The molecule has 1 heterocycles. The zero-order chi connectivity index (χ0) is 12.4. The minimum atomic E-state index is 0.507. The standard InChI is InChI=1S/C13H11Cl2NO/c1-8(16)6-10-3-5-13(17-10)9-2-4-11(14)12(15)7-9/h2-7H,16H2,1H3. The van der Waals surface area contributed by atoms with E-state index < -0.39 is 0 Å². The van der Waals surface area contributed by atoms with Gasteiger partial charge in [-0.1, -0.05) is 23.2 Å². The van der Waals surface area contributed by atoms with E-state index in [0.29, 0.717) is 21.5 Å². The Bertz CT molecular complexity index is 569. The Morgan fingerprint density at radius 3 is 2.59 bits per heavy atom. The molecule has 17 heavy (non-hydrogen) atoms. The summed E-state index contributed by atoms with van der Waals surface area (Å²) in [6.45, 7) is 1.81. The smallest absolute Gasteiger partial charge is 0.134 e. The highest BCUT2D eigenvalue weighted by Crippen LogP contribution is 2.29. The first-order valence-electron chi connectivity index (χ1n) is 5.05. The van der Waals surface area contributed by atoms with Crippen molar-refractivity contribution in [3.63, 3.8) is 0 Å². The summed E-state index contributed by atoms with van der Waals surface area (Å²) in [7, 11) is 0. The molecule has 0 unspecified atom stereocenters. The van der Waals surface area contributed by atoms with Crippen LogP contribution in [-0.2, 0) is 0 Å². The van der Waals surface area contributed by atoms with E-state index in [1.807, 2.05) is 18.2 Å². The van der Waals surface area contributed by atoms with Crippen molar-refractivity contribution in [3.8, 4) is 11.3 Å². The predicted molar refractivity (Wildman–Crippen MR) is 72.0 cm³/mol. The molecule has 2 aromatic rings. The van der Waals surface area contributed by atoms with Crippen molar-refractivity contribution in [3.05, 3.63) is 51.8 Å². The average Bonchev–Trinajstić information content (AvgIpc) is 2.69. The third kappa shape index (κ3) is 2.84. The Labute approximate surface area is 110 Å². The summed E-state index contributed by atoms with van der Waals surface area (Å²) < 4.78 is 5.62. The largest absolute Gasteiger partial charge is 0.457 e. The molecular weight excluding hydrogens is 257 g/mol. The van der Waals surface area contributed by atoms with Gasteiger partial charge in [-0.25, -0.2) is 0 Å². The molecule has 0 saturated carbocycles. The fraction of sp³-hybridized carbons (Fsp3) is 0.0769. The van der Waals surface area contributed by atoms with E-state index in [-0.39, 0.29) is 0 Å². The molecule has 88 valence electrons. The molecule has 2 nitrogen and oxygen atoms in total. The van der Waals surface area contributed by atoms with Gasteiger partial charge in [0.1, 0.15) is 11.5 Å². The summed E-state index contributed by atoms with van der Waals surface area (Å²) in [5.74, 6) is 1.45. The van der Waals surface area contributed by atoms with E-state index in [4.69, 9.17) is 33.4 Å². The molecule has 1 aromatic heterocycles. The summed E-state index contributed by atoms with van der Waals surface area (Å²) in [4.78, 5) is 0. The van der Waals surface area contributed by atoms with Crippen LogP contribution in [-0.4, -0.2) is 0 Å². The molecule has 0 aliphatic carbocycles. The van der Waals surface area contributed by atoms with Gasteiger partial charge in [0.25, 0.3) is 0 Å². The van der Waals surface area contributed by atoms with Crippen LogP contribution in [0.3, 0.4) is 0 Å². The highest BCUT2D eigenvalue weighted by molar-refractivity contribution is 6.42. The van der Waals surface area contributed by atoms with Gasteiger partial charge in [-0.2, -0.15) is 0 Å². The lowest BCUT2D eigenvalue weighted by Gasteiger charge is -1.99. The van der Waals surface area contributed by atoms with Gasteiger partial charge in [0.2, 0.25) is 0 Å². The second-order valence-electron chi connectivity index (χ2n) is 3.72. The fourth-order valence-electron chi connectivity index (χ4n) is 1.46. The number of halogens is 2. The summed E-state index contributed by atoms with van der Waals surface area (Å²) in [6.07, 6.45) is 1.76. The normalized spacial score (nSPS) is 11.8. The van der Waals surface area contributed by atoms with Gasteiger partial charge in [-0.3, -0.25) is 0 Å². The SMILES string of the molecule is CC(N)=Cc1ccc(-c2ccc(Cl)c(Cl)c2)o1. The number of nitrogens with two attached hydrogens (primary N) is 1. The van der Waals surface area contributed by atoms with Crippen LogP contribution in [0.5, 0.6) is 0 Å².